The molecule has 0 unspecified atom stereocenters. The van der Waals surface area contributed by atoms with E-state index in [0.29, 0.717) is 60.8 Å². The lowest BCUT2D eigenvalue weighted by Gasteiger charge is -2.35. The fourth-order valence-electron chi connectivity index (χ4n) is 6.79. The maximum atomic E-state index is 14.0. The molecule has 1 fully saturated rings. The zero-order valence-corrected chi connectivity index (χ0v) is 34.4. The van der Waals surface area contributed by atoms with Crippen LogP contribution in [0.25, 0.3) is 22.3 Å². The second-order valence-electron chi connectivity index (χ2n) is 15.8. The van der Waals surface area contributed by atoms with Gasteiger partial charge in [-0.15, -0.1) is 0 Å². The maximum Gasteiger partial charge on any atom is 0.420 e. The summed E-state index contributed by atoms with van der Waals surface area (Å²) in [6.07, 6.45) is 3.61. The SMILES string of the molecule is CN1C(=O)N(c2ccc(C(=O)OC(C)(C)C)cc2)Cc2c1cnc1c2c(I)c(-c2ccc(CN3CCC(S(C)(=O)=O)CC3)cc2)n1C(=O)OC(C)(C)C. The number of carbonyl (C=O) groups is 3. The maximum absolute atomic E-state index is 14.0. The number of likely N-dealkylation sites (tertiary alicyclic amines) is 1. The molecule has 4 heterocycles. The summed E-state index contributed by atoms with van der Waals surface area (Å²) >= 11 is 2.26. The van der Waals surface area contributed by atoms with Crippen molar-refractivity contribution < 1.29 is 32.3 Å². The van der Waals surface area contributed by atoms with Gasteiger partial charge in [0.2, 0.25) is 0 Å². The summed E-state index contributed by atoms with van der Waals surface area (Å²) in [6, 6.07) is 14.5. The van der Waals surface area contributed by atoms with E-state index in [-0.39, 0.29) is 17.8 Å². The topological polar surface area (TPSA) is 131 Å². The number of halogens is 1. The molecule has 2 aliphatic rings. The number of hydrogen-bond donors (Lipinski definition) is 0. The van der Waals surface area contributed by atoms with Gasteiger partial charge in [-0.3, -0.25) is 14.7 Å². The van der Waals surface area contributed by atoms with Crippen LogP contribution in [0.4, 0.5) is 21.0 Å². The Morgan fingerprint density at radius 2 is 1.53 bits per heavy atom. The van der Waals surface area contributed by atoms with E-state index >= 15 is 0 Å². The molecule has 2 aromatic carbocycles. The van der Waals surface area contributed by atoms with Crippen molar-refractivity contribution in [3.63, 3.8) is 0 Å². The number of benzene rings is 2. The Balaban J connectivity index is 1.37. The van der Waals surface area contributed by atoms with Crippen molar-refractivity contribution in [2.45, 2.75) is 83.9 Å². The molecule has 2 amide bonds. The van der Waals surface area contributed by atoms with Crippen molar-refractivity contribution in [3.05, 3.63) is 75.0 Å². The zero-order valence-electron chi connectivity index (χ0n) is 31.4. The minimum Gasteiger partial charge on any atom is -0.456 e. The van der Waals surface area contributed by atoms with E-state index in [9.17, 15) is 22.8 Å². The van der Waals surface area contributed by atoms with E-state index in [4.69, 9.17) is 14.5 Å². The molecule has 0 atom stereocenters. The van der Waals surface area contributed by atoms with Crippen molar-refractivity contribution in [1.82, 2.24) is 14.5 Å². The van der Waals surface area contributed by atoms with Crippen LogP contribution in [0.1, 0.15) is 75.9 Å². The first-order valence-electron chi connectivity index (χ1n) is 17.6. The van der Waals surface area contributed by atoms with Gasteiger partial charge >= 0.3 is 18.1 Å². The number of fused-ring (bicyclic) bond motifs is 3. The highest BCUT2D eigenvalue weighted by Gasteiger charge is 2.35. The first kappa shape index (κ1) is 38.7. The van der Waals surface area contributed by atoms with Gasteiger partial charge in [0, 0.05) is 40.1 Å². The van der Waals surface area contributed by atoms with Gasteiger partial charge in [-0.1, -0.05) is 24.3 Å². The Hall–Kier alpha value is -4.02. The van der Waals surface area contributed by atoms with Crippen molar-refractivity contribution in [2.24, 2.45) is 0 Å². The van der Waals surface area contributed by atoms with Crippen LogP contribution in [0.2, 0.25) is 0 Å². The smallest absolute Gasteiger partial charge is 0.420 e. The van der Waals surface area contributed by atoms with Gasteiger partial charge in [0.05, 0.1) is 34.9 Å². The van der Waals surface area contributed by atoms with Crippen LogP contribution < -0.4 is 9.80 Å². The van der Waals surface area contributed by atoms with Gasteiger partial charge in [-0.2, -0.15) is 0 Å². The summed E-state index contributed by atoms with van der Waals surface area (Å²) < 4.78 is 37.8. The number of ether oxygens (including phenoxy) is 2. The molecule has 0 N–H and O–H groups in total. The zero-order chi connectivity index (χ0) is 38.6. The van der Waals surface area contributed by atoms with E-state index in [2.05, 4.69) is 27.5 Å². The highest BCUT2D eigenvalue weighted by Crippen LogP contribution is 2.42. The summed E-state index contributed by atoms with van der Waals surface area (Å²) in [7, 11) is -1.35. The third-order valence-electron chi connectivity index (χ3n) is 9.37. The molecule has 53 heavy (non-hydrogen) atoms. The predicted molar refractivity (Wildman–Crippen MR) is 214 cm³/mol. The number of pyridine rings is 1. The first-order valence-corrected chi connectivity index (χ1v) is 20.6. The van der Waals surface area contributed by atoms with Crippen LogP contribution in [0.5, 0.6) is 0 Å². The highest BCUT2D eigenvalue weighted by molar-refractivity contribution is 14.1. The fourth-order valence-corrected chi connectivity index (χ4v) is 8.97. The summed E-state index contributed by atoms with van der Waals surface area (Å²) in [5.74, 6) is -0.447. The molecule has 12 nitrogen and oxygen atoms in total. The molecule has 282 valence electrons. The lowest BCUT2D eigenvalue weighted by atomic mass is 10.0. The minimum absolute atomic E-state index is 0.200. The summed E-state index contributed by atoms with van der Waals surface area (Å²) in [6.45, 7) is 13.2. The standard InChI is InChI=1S/C39H46IN5O7S/c1-38(2,3)51-35(46)26-13-15-27(16-14-26)44-23-29-30(42(7)36(44)47)21-41-34-31(29)32(40)33(45(34)37(48)52-39(4,5)6)25-11-9-24(10-12-25)22-43-19-17-28(18-20-43)53(8,49)50/h9-16,21,28H,17-20,22-23H2,1-8H3. The molecule has 0 saturated carbocycles. The number of aromatic nitrogens is 2. The van der Waals surface area contributed by atoms with Crippen molar-refractivity contribution in [2.75, 3.05) is 36.2 Å². The van der Waals surface area contributed by atoms with Crippen molar-refractivity contribution in [3.8, 4) is 11.3 Å². The van der Waals surface area contributed by atoms with Crippen LogP contribution in [0, 0.1) is 3.57 Å². The normalized spacial score (nSPS) is 16.2. The number of amides is 2. The van der Waals surface area contributed by atoms with Gasteiger partial charge in [0.15, 0.2) is 5.65 Å². The van der Waals surface area contributed by atoms with Crippen LogP contribution in [-0.4, -0.2) is 83.8 Å². The number of carbonyl (C=O) groups excluding carboxylic acids is 3. The first-order chi connectivity index (χ1) is 24.7. The van der Waals surface area contributed by atoms with Crippen LogP contribution >= 0.6 is 22.6 Å². The summed E-state index contributed by atoms with van der Waals surface area (Å²) in [5.41, 5.74) is 3.92. The Bertz CT molecular complexity index is 2180. The Kier molecular flexibility index (Phi) is 10.5. The minimum atomic E-state index is -3.05. The van der Waals surface area contributed by atoms with Gasteiger partial charge in [0.25, 0.3) is 0 Å². The number of esters is 1. The fraction of sp³-hybridized carbons (Fsp3) is 0.436. The quantitative estimate of drug-likeness (QED) is 0.142. The second kappa shape index (κ2) is 14.3. The molecular weight excluding hydrogens is 809 g/mol. The predicted octanol–water partition coefficient (Wildman–Crippen LogP) is 7.63. The Morgan fingerprint density at radius 3 is 2.09 bits per heavy atom. The molecular formula is C39H46IN5O7S. The van der Waals surface area contributed by atoms with Crippen LogP contribution in [0.15, 0.2) is 54.7 Å². The molecule has 2 aliphatic heterocycles. The Morgan fingerprint density at radius 1 is 0.925 bits per heavy atom. The van der Waals surface area contributed by atoms with E-state index in [0.717, 1.165) is 25.6 Å². The lowest BCUT2D eigenvalue weighted by molar-refractivity contribution is 0.00691. The average Bonchev–Trinajstić information content (AvgIpc) is 3.37. The third-order valence-corrected chi connectivity index (χ3v) is 12.1. The molecule has 0 radical (unpaired) electrons. The third kappa shape index (κ3) is 8.24. The lowest BCUT2D eigenvalue weighted by Crippen LogP contribution is -2.45. The summed E-state index contributed by atoms with van der Waals surface area (Å²) in [4.78, 5) is 50.6. The van der Waals surface area contributed by atoms with E-state index in [1.165, 1.54) is 10.8 Å². The van der Waals surface area contributed by atoms with Gasteiger partial charge < -0.3 is 9.47 Å². The monoisotopic (exact) mass is 855 g/mol. The average molecular weight is 856 g/mol. The van der Waals surface area contributed by atoms with Crippen molar-refractivity contribution in [1.29, 1.82) is 0 Å². The van der Waals surface area contributed by atoms with E-state index in [1.54, 1.807) is 47.3 Å². The number of hydrogen-bond acceptors (Lipinski definition) is 9. The summed E-state index contributed by atoms with van der Waals surface area (Å²) in [5, 5.41) is 0.448. The number of rotatable bonds is 6. The van der Waals surface area contributed by atoms with E-state index in [1.807, 2.05) is 65.8 Å². The number of sulfone groups is 1. The molecule has 0 aliphatic carbocycles. The molecule has 0 bridgehead atoms. The molecule has 4 aromatic rings. The Labute approximate surface area is 324 Å². The molecule has 0 spiro atoms. The molecule has 1 saturated heterocycles. The van der Waals surface area contributed by atoms with Crippen LogP contribution in [-0.2, 0) is 32.4 Å². The van der Waals surface area contributed by atoms with E-state index < -0.39 is 33.1 Å². The van der Waals surface area contributed by atoms with Crippen molar-refractivity contribution >= 4 is 72.9 Å². The number of urea groups is 1. The largest absolute Gasteiger partial charge is 0.456 e. The second-order valence-corrected chi connectivity index (χ2v) is 19.2. The molecule has 6 rings (SSSR count). The van der Waals surface area contributed by atoms with Gasteiger partial charge in [-0.05, 0) is 125 Å². The molecule has 2 aromatic heterocycles. The molecule has 14 heteroatoms. The number of piperidine rings is 1. The highest BCUT2D eigenvalue weighted by atomic mass is 127. The number of nitrogens with zero attached hydrogens (tertiary/aromatic N) is 5. The van der Waals surface area contributed by atoms with Crippen LogP contribution in [0.3, 0.4) is 0 Å². The van der Waals surface area contributed by atoms with Gasteiger partial charge in [0.1, 0.15) is 21.0 Å². The number of anilines is 2. The van der Waals surface area contributed by atoms with Gasteiger partial charge in [-0.25, -0.2) is 32.4 Å².